The fourth-order valence-corrected chi connectivity index (χ4v) is 6.05. The Labute approximate surface area is 190 Å². The molecule has 2 saturated heterocycles. The van der Waals surface area contributed by atoms with Crippen molar-refractivity contribution in [3.63, 3.8) is 0 Å². The van der Waals surface area contributed by atoms with E-state index in [-0.39, 0.29) is 11.4 Å². The summed E-state index contributed by atoms with van der Waals surface area (Å²) in [5.74, 6) is 3.90. The molecule has 1 N–H and O–H groups in total. The molecule has 0 bridgehead atoms. The lowest BCUT2D eigenvalue weighted by Crippen LogP contribution is -2.57. The number of rotatable bonds is 5. The number of amides is 1. The van der Waals surface area contributed by atoms with Gasteiger partial charge in [0.2, 0.25) is 0 Å². The standard InChI is InChI=1S/C23H37N5O2S/c1-2-24-22(27-12-10-26(11-13-27)21(29)20-7-6-16-30-20)25-19-23(8-4-3-5-9-23)28-14-17-31-18-15-28/h6-7,16H,2-5,8-15,17-19H2,1H3,(H,24,25). The maximum absolute atomic E-state index is 12.6. The highest BCUT2D eigenvalue weighted by molar-refractivity contribution is 7.99. The molecule has 2 aliphatic heterocycles. The van der Waals surface area contributed by atoms with Gasteiger partial charge < -0.3 is 19.5 Å². The number of nitrogens with one attached hydrogen (secondary N) is 1. The minimum atomic E-state index is -0.0179. The van der Waals surface area contributed by atoms with Crippen molar-refractivity contribution >= 4 is 23.6 Å². The highest BCUT2D eigenvalue weighted by atomic mass is 32.2. The largest absolute Gasteiger partial charge is 0.459 e. The second-order valence-corrected chi connectivity index (χ2v) is 10.0. The first-order chi connectivity index (χ1) is 15.2. The number of carbonyl (C=O) groups is 1. The highest BCUT2D eigenvalue weighted by Gasteiger charge is 2.38. The van der Waals surface area contributed by atoms with Crippen LogP contribution in [-0.2, 0) is 0 Å². The van der Waals surface area contributed by atoms with Crippen LogP contribution in [0.5, 0.6) is 0 Å². The Morgan fingerprint density at radius 2 is 1.81 bits per heavy atom. The molecule has 1 saturated carbocycles. The van der Waals surface area contributed by atoms with E-state index >= 15 is 0 Å². The van der Waals surface area contributed by atoms with Crippen LogP contribution in [0.3, 0.4) is 0 Å². The second-order valence-electron chi connectivity index (χ2n) is 8.81. The molecule has 3 aliphatic rings. The maximum atomic E-state index is 12.6. The lowest BCUT2D eigenvalue weighted by Gasteiger charge is -2.47. The van der Waals surface area contributed by atoms with Crippen LogP contribution in [0.1, 0.15) is 49.6 Å². The molecular formula is C23H37N5O2S. The van der Waals surface area contributed by atoms with Gasteiger partial charge in [0, 0.05) is 62.9 Å². The van der Waals surface area contributed by atoms with Gasteiger partial charge in [0.25, 0.3) is 5.91 Å². The monoisotopic (exact) mass is 447 g/mol. The molecule has 8 heteroatoms. The van der Waals surface area contributed by atoms with E-state index in [9.17, 15) is 4.79 Å². The first-order valence-electron chi connectivity index (χ1n) is 11.9. The third-order valence-corrected chi connectivity index (χ3v) is 7.87. The van der Waals surface area contributed by atoms with Crippen molar-refractivity contribution in [3.8, 4) is 0 Å². The Morgan fingerprint density at radius 3 is 2.45 bits per heavy atom. The molecule has 0 radical (unpaired) electrons. The van der Waals surface area contributed by atoms with E-state index in [2.05, 4.69) is 33.8 Å². The zero-order valence-corrected chi connectivity index (χ0v) is 19.7. The summed E-state index contributed by atoms with van der Waals surface area (Å²) < 4.78 is 5.29. The average molecular weight is 448 g/mol. The summed E-state index contributed by atoms with van der Waals surface area (Å²) in [7, 11) is 0. The Hall–Kier alpha value is -1.67. The number of hydrogen-bond acceptors (Lipinski definition) is 5. The SMILES string of the molecule is CCNC(=NCC1(N2CCSCC2)CCCCC1)N1CCN(C(=O)c2ccco2)CC1. The number of hydrogen-bond donors (Lipinski definition) is 1. The van der Waals surface area contributed by atoms with Gasteiger partial charge in [-0.2, -0.15) is 11.8 Å². The summed E-state index contributed by atoms with van der Waals surface area (Å²) in [6.07, 6.45) is 8.10. The van der Waals surface area contributed by atoms with Gasteiger partial charge in [-0.15, -0.1) is 0 Å². The lowest BCUT2D eigenvalue weighted by atomic mass is 9.80. The van der Waals surface area contributed by atoms with E-state index < -0.39 is 0 Å². The molecule has 31 heavy (non-hydrogen) atoms. The van der Waals surface area contributed by atoms with Gasteiger partial charge in [-0.25, -0.2) is 0 Å². The highest BCUT2D eigenvalue weighted by Crippen LogP contribution is 2.35. The lowest BCUT2D eigenvalue weighted by molar-refractivity contribution is 0.0644. The molecule has 172 valence electrons. The van der Waals surface area contributed by atoms with Gasteiger partial charge in [-0.3, -0.25) is 14.7 Å². The first kappa shape index (κ1) is 22.5. The first-order valence-corrected chi connectivity index (χ1v) is 13.1. The topological polar surface area (TPSA) is 64.3 Å². The summed E-state index contributed by atoms with van der Waals surface area (Å²) >= 11 is 2.08. The van der Waals surface area contributed by atoms with Crippen molar-refractivity contribution < 1.29 is 9.21 Å². The molecule has 1 aromatic rings. The Bertz CT molecular complexity index is 718. The van der Waals surface area contributed by atoms with Crippen molar-refractivity contribution in [2.24, 2.45) is 4.99 Å². The Balaban J connectivity index is 1.41. The zero-order chi connectivity index (χ0) is 21.5. The molecule has 0 aromatic carbocycles. The second kappa shape index (κ2) is 10.8. The quantitative estimate of drug-likeness (QED) is 0.553. The number of furan rings is 1. The van der Waals surface area contributed by atoms with Gasteiger partial charge in [-0.05, 0) is 31.9 Å². The third-order valence-electron chi connectivity index (χ3n) is 6.92. The van der Waals surface area contributed by atoms with Crippen molar-refractivity contribution in [2.75, 3.05) is 63.9 Å². The summed E-state index contributed by atoms with van der Waals surface area (Å²) in [5, 5.41) is 3.52. The van der Waals surface area contributed by atoms with Crippen LogP contribution in [-0.4, -0.2) is 96.0 Å². The van der Waals surface area contributed by atoms with E-state index in [4.69, 9.17) is 9.41 Å². The molecule has 3 fully saturated rings. The van der Waals surface area contributed by atoms with Crippen LogP contribution in [0, 0.1) is 0 Å². The number of guanidine groups is 1. The maximum Gasteiger partial charge on any atom is 0.289 e. The number of aliphatic imine (C=N–C) groups is 1. The van der Waals surface area contributed by atoms with Crippen LogP contribution in [0.4, 0.5) is 0 Å². The summed E-state index contributed by atoms with van der Waals surface area (Å²) in [6.45, 7) is 9.25. The van der Waals surface area contributed by atoms with Gasteiger partial charge in [0.15, 0.2) is 11.7 Å². The Kier molecular flexibility index (Phi) is 7.82. The zero-order valence-electron chi connectivity index (χ0n) is 18.9. The minimum absolute atomic E-state index is 0.0179. The van der Waals surface area contributed by atoms with Crippen LogP contribution in [0.25, 0.3) is 0 Å². The van der Waals surface area contributed by atoms with Crippen LogP contribution in [0.2, 0.25) is 0 Å². The van der Waals surface area contributed by atoms with Crippen molar-refractivity contribution in [2.45, 2.75) is 44.6 Å². The van der Waals surface area contributed by atoms with Crippen molar-refractivity contribution in [1.29, 1.82) is 0 Å². The third kappa shape index (κ3) is 5.40. The smallest absolute Gasteiger partial charge is 0.289 e. The molecule has 4 rings (SSSR count). The number of piperazine rings is 1. The van der Waals surface area contributed by atoms with Gasteiger partial charge >= 0.3 is 0 Å². The molecule has 0 spiro atoms. The molecule has 7 nitrogen and oxygen atoms in total. The van der Waals surface area contributed by atoms with Gasteiger partial charge in [0.05, 0.1) is 12.8 Å². The van der Waals surface area contributed by atoms with Gasteiger partial charge in [-0.1, -0.05) is 19.3 Å². The van der Waals surface area contributed by atoms with Crippen LogP contribution < -0.4 is 5.32 Å². The van der Waals surface area contributed by atoms with Crippen molar-refractivity contribution in [3.05, 3.63) is 24.2 Å². The van der Waals surface area contributed by atoms with E-state index in [1.807, 2.05) is 4.90 Å². The van der Waals surface area contributed by atoms with Crippen LogP contribution >= 0.6 is 11.8 Å². The molecule has 1 amide bonds. The molecule has 0 atom stereocenters. The Morgan fingerprint density at radius 1 is 1.10 bits per heavy atom. The fraction of sp³-hybridized carbons (Fsp3) is 0.739. The number of carbonyl (C=O) groups excluding carboxylic acids is 1. The normalized spacial score (nSPS) is 23.1. The average Bonchev–Trinajstić information content (AvgIpc) is 3.38. The molecule has 1 aromatic heterocycles. The van der Waals surface area contributed by atoms with E-state index in [0.717, 1.165) is 32.1 Å². The fourth-order valence-electron chi connectivity index (χ4n) is 5.15. The predicted molar refractivity (Wildman–Crippen MR) is 127 cm³/mol. The van der Waals surface area contributed by atoms with E-state index in [1.54, 1.807) is 18.4 Å². The summed E-state index contributed by atoms with van der Waals surface area (Å²) in [5.41, 5.74) is 0.233. The molecule has 0 unspecified atom stereocenters. The molecule has 1 aliphatic carbocycles. The van der Waals surface area contributed by atoms with Crippen LogP contribution in [0.15, 0.2) is 27.8 Å². The summed E-state index contributed by atoms with van der Waals surface area (Å²) in [6, 6.07) is 3.50. The molecule has 3 heterocycles. The van der Waals surface area contributed by atoms with E-state index in [0.29, 0.717) is 18.8 Å². The molecular weight excluding hydrogens is 410 g/mol. The number of nitrogens with zero attached hydrogens (tertiary/aromatic N) is 4. The van der Waals surface area contributed by atoms with Gasteiger partial charge in [0.1, 0.15) is 0 Å². The predicted octanol–water partition coefficient (Wildman–Crippen LogP) is 2.75. The number of thioether (sulfide) groups is 1. The van der Waals surface area contributed by atoms with Crippen molar-refractivity contribution in [1.82, 2.24) is 20.0 Å². The van der Waals surface area contributed by atoms with E-state index in [1.165, 1.54) is 56.7 Å². The summed E-state index contributed by atoms with van der Waals surface area (Å²) in [4.78, 5) is 24.7. The minimum Gasteiger partial charge on any atom is -0.459 e.